The summed E-state index contributed by atoms with van der Waals surface area (Å²) in [6.07, 6.45) is 6.95. The molecule has 1 aromatic rings. The van der Waals surface area contributed by atoms with Crippen LogP contribution in [0.15, 0.2) is 40.1 Å². The highest BCUT2D eigenvalue weighted by atomic mass is 127. The van der Waals surface area contributed by atoms with Gasteiger partial charge >= 0.3 is 0 Å². The van der Waals surface area contributed by atoms with Gasteiger partial charge in [0.2, 0.25) is 11.8 Å². The summed E-state index contributed by atoms with van der Waals surface area (Å²) in [4.78, 5) is 43.0. The van der Waals surface area contributed by atoms with E-state index in [1.54, 1.807) is 23.7 Å². The third kappa shape index (κ3) is 4.77. The first-order chi connectivity index (χ1) is 15.0. The fourth-order valence-corrected chi connectivity index (χ4v) is 5.20. The maximum absolute atomic E-state index is 12.7. The van der Waals surface area contributed by atoms with E-state index >= 15 is 0 Å². The van der Waals surface area contributed by atoms with Crippen molar-refractivity contribution in [1.82, 2.24) is 20.1 Å². The normalized spacial score (nSPS) is 25.8. The molecule has 4 atom stereocenters. The van der Waals surface area contributed by atoms with Crippen LogP contribution in [0.2, 0.25) is 0 Å². The molecule has 1 saturated heterocycles. The average molecular weight is 553 g/mol. The van der Waals surface area contributed by atoms with Crippen molar-refractivity contribution in [2.24, 2.45) is 28.7 Å². The van der Waals surface area contributed by atoms with Crippen molar-refractivity contribution in [2.75, 3.05) is 26.7 Å². The minimum absolute atomic E-state index is 0. The highest BCUT2D eigenvalue weighted by Crippen LogP contribution is 2.52. The molecule has 3 aliphatic rings. The average Bonchev–Trinajstić information content (AvgIpc) is 3.43. The number of nitrogens with zero attached hydrogens (tertiary/aromatic N) is 3. The van der Waals surface area contributed by atoms with Gasteiger partial charge in [-0.3, -0.25) is 24.3 Å². The van der Waals surface area contributed by atoms with Gasteiger partial charge < -0.3 is 15.2 Å². The van der Waals surface area contributed by atoms with Crippen LogP contribution in [0.5, 0.6) is 0 Å². The fraction of sp³-hybridized carbons (Fsp3) is 0.565. The van der Waals surface area contributed by atoms with E-state index in [1.807, 2.05) is 13.0 Å². The summed E-state index contributed by atoms with van der Waals surface area (Å²) in [5, 5.41) is 6.44. The number of nitrogens with one attached hydrogen (secondary N) is 2. The van der Waals surface area contributed by atoms with E-state index in [0.29, 0.717) is 25.6 Å². The summed E-state index contributed by atoms with van der Waals surface area (Å²) < 4.78 is 1.79. The largest absolute Gasteiger partial charge is 0.356 e. The smallest absolute Gasteiger partial charge is 0.250 e. The summed E-state index contributed by atoms with van der Waals surface area (Å²) >= 11 is 0. The maximum atomic E-state index is 12.7. The lowest BCUT2D eigenvalue weighted by molar-refractivity contribution is -0.140. The predicted molar refractivity (Wildman–Crippen MR) is 134 cm³/mol. The second kappa shape index (κ2) is 10.6. The first-order valence-electron chi connectivity index (χ1n) is 11.2. The molecule has 0 aromatic carbocycles. The van der Waals surface area contributed by atoms with Gasteiger partial charge in [0.15, 0.2) is 5.96 Å². The molecule has 2 N–H and O–H groups in total. The van der Waals surface area contributed by atoms with Crippen molar-refractivity contribution < 1.29 is 9.59 Å². The third-order valence-corrected chi connectivity index (χ3v) is 6.78. The maximum Gasteiger partial charge on any atom is 0.250 e. The predicted octanol–water partition coefficient (Wildman–Crippen LogP) is 1.53. The molecule has 0 radical (unpaired) electrons. The molecule has 2 aliphatic carbocycles. The summed E-state index contributed by atoms with van der Waals surface area (Å²) in [6.45, 7) is 4.19. The third-order valence-electron chi connectivity index (χ3n) is 6.78. The highest BCUT2D eigenvalue weighted by molar-refractivity contribution is 14.0. The van der Waals surface area contributed by atoms with Crippen LogP contribution in [0.3, 0.4) is 0 Å². The van der Waals surface area contributed by atoms with Crippen molar-refractivity contribution in [1.29, 1.82) is 0 Å². The van der Waals surface area contributed by atoms with Gasteiger partial charge in [0.05, 0.1) is 11.8 Å². The Labute approximate surface area is 205 Å². The summed E-state index contributed by atoms with van der Waals surface area (Å²) in [5.74, 6) is 0.838. The SMILES string of the molecule is CN=C(NCCCCn1c(C)cccc1=O)NCCN1C(=O)C2C3C=CC(C3)C2C1=O.I. The van der Waals surface area contributed by atoms with Crippen LogP contribution in [0.4, 0.5) is 0 Å². The Hall–Kier alpha value is -2.17. The number of aromatic nitrogens is 1. The molecule has 4 unspecified atom stereocenters. The Balaban J connectivity index is 0.00000289. The van der Waals surface area contributed by atoms with Gasteiger partial charge in [-0.2, -0.15) is 0 Å². The van der Waals surface area contributed by atoms with E-state index in [2.05, 4.69) is 27.8 Å². The van der Waals surface area contributed by atoms with Crippen molar-refractivity contribution in [2.45, 2.75) is 32.7 Å². The fourth-order valence-electron chi connectivity index (χ4n) is 5.20. The second-order valence-corrected chi connectivity index (χ2v) is 8.62. The van der Waals surface area contributed by atoms with Crippen LogP contribution < -0.4 is 16.2 Å². The van der Waals surface area contributed by atoms with Gasteiger partial charge in [0.1, 0.15) is 0 Å². The lowest BCUT2D eigenvalue weighted by Crippen LogP contribution is -2.43. The molecule has 2 heterocycles. The van der Waals surface area contributed by atoms with Gasteiger partial charge in [-0.25, -0.2) is 0 Å². The van der Waals surface area contributed by atoms with Crippen LogP contribution in [-0.4, -0.2) is 53.9 Å². The minimum atomic E-state index is -0.138. The number of aryl methyl sites for hydroxylation is 1. The minimum Gasteiger partial charge on any atom is -0.356 e. The van der Waals surface area contributed by atoms with Crippen LogP contribution >= 0.6 is 24.0 Å². The number of halogens is 1. The zero-order valence-electron chi connectivity index (χ0n) is 18.6. The molecule has 1 aromatic heterocycles. The van der Waals surface area contributed by atoms with Crippen LogP contribution in [0.1, 0.15) is 25.0 Å². The number of hydrogen-bond donors (Lipinski definition) is 2. The number of likely N-dealkylation sites (tertiary alicyclic amines) is 1. The molecule has 8 nitrogen and oxygen atoms in total. The number of unbranched alkanes of at least 4 members (excludes halogenated alkanes) is 1. The number of carbonyl (C=O) groups is 2. The van der Waals surface area contributed by atoms with E-state index in [4.69, 9.17) is 0 Å². The molecule has 174 valence electrons. The molecule has 2 amide bonds. The molecule has 32 heavy (non-hydrogen) atoms. The number of allylic oxidation sites excluding steroid dienone is 2. The molecular formula is C23H32IN5O3. The van der Waals surface area contributed by atoms with Gasteiger partial charge in [0, 0.05) is 45.0 Å². The topological polar surface area (TPSA) is 95.8 Å². The molecular weight excluding hydrogens is 521 g/mol. The van der Waals surface area contributed by atoms with E-state index < -0.39 is 0 Å². The van der Waals surface area contributed by atoms with E-state index in [0.717, 1.165) is 31.5 Å². The zero-order chi connectivity index (χ0) is 22.0. The number of guanidine groups is 1. The Morgan fingerprint density at radius 3 is 2.28 bits per heavy atom. The Bertz CT molecular complexity index is 943. The van der Waals surface area contributed by atoms with E-state index in [1.165, 1.54) is 4.90 Å². The number of aliphatic imine (C=N–C) groups is 1. The molecule has 1 saturated carbocycles. The quantitative estimate of drug-likeness (QED) is 0.127. The summed E-state index contributed by atoms with van der Waals surface area (Å²) in [6, 6.07) is 5.30. The second-order valence-electron chi connectivity index (χ2n) is 8.62. The van der Waals surface area contributed by atoms with Crippen molar-refractivity contribution in [3.05, 3.63) is 46.4 Å². The number of hydrogen-bond acceptors (Lipinski definition) is 4. The lowest BCUT2D eigenvalue weighted by Gasteiger charge is -2.18. The number of rotatable bonds is 8. The van der Waals surface area contributed by atoms with Gasteiger partial charge in [-0.05, 0) is 44.1 Å². The van der Waals surface area contributed by atoms with Crippen LogP contribution in [0, 0.1) is 30.6 Å². The monoisotopic (exact) mass is 553 g/mol. The first-order valence-corrected chi connectivity index (χ1v) is 11.2. The van der Waals surface area contributed by atoms with Crippen molar-refractivity contribution >= 4 is 41.8 Å². The molecule has 4 rings (SSSR count). The number of fused-ring (bicyclic) bond motifs is 5. The van der Waals surface area contributed by atoms with Crippen molar-refractivity contribution in [3.8, 4) is 0 Å². The van der Waals surface area contributed by atoms with E-state index in [-0.39, 0.29) is 65.0 Å². The molecule has 2 bridgehead atoms. The Morgan fingerprint density at radius 2 is 1.66 bits per heavy atom. The van der Waals surface area contributed by atoms with Gasteiger partial charge in [0.25, 0.3) is 5.56 Å². The first kappa shape index (κ1) is 24.5. The Kier molecular flexibility index (Phi) is 8.13. The molecule has 9 heteroatoms. The summed E-state index contributed by atoms with van der Waals surface area (Å²) in [5.41, 5.74) is 1.00. The zero-order valence-corrected chi connectivity index (χ0v) is 21.0. The van der Waals surface area contributed by atoms with Gasteiger partial charge in [-0.15, -0.1) is 24.0 Å². The number of pyridine rings is 1. The molecule has 0 spiro atoms. The van der Waals surface area contributed by atoms with Gasteiger partial charge in [-0.1, -0.05) is 18.2 Å². The lowest BCUT2D eigenvalue weighted by atomic mass is 9.85. The number of amides is 2. The Morgan fingerprint density at radius 1 is 1.00 bits per heavy atom. The van der Waals surface area contributed by atoms with Crippen LogP contribution in [0.25, 0.3) is 0 Å². The van der Waals surface area contributed by atoms with Crippen molar-refractivity contribution in [3.63, 3.8) is 0 Å². The summed E-state index contributed by atoms with van der Waals surface area (Å²) in [7, 11) is 1.70. The number of imide groups is 1. The molecule has 1 aliphatic heterocycles. The van der Waals surface area contributed by atoms with Crippen LogP contribution in [-0.2, 0) is 16.1 Å². The molecule has 2 fully saturated rings. The number of carbonyl (C=O) groups excluding carboxylic acids is 2. The van der Waals surface area contributed by atoms with E-state index in [9.17, 15) is 14.4 Å². The standard InChI is InChI=1S/C23H31N5O3.HI/c1-15-6-5-7-18(29)27(15)12-4-3-10-25-23(24-2)26-11-13-28-21(30)19-16-8-9-17(14-16)20(19)22(28)31;/h5-9,16-17,19-20H,3-4,10-14H2,1-2H3,(H2,24,25,26);1H. The highest BCUT2D eigenvalue weighted by Gasteiger charge is 2.58.